The third-order valence-corrected chi connectivity index (χ3v) is 4.77. The predicted molar refractivity (Wildman–Crippen MR) is 80.7 cm³/mol. The van der Waals surface area contributed by atoms with Crippen molar-refractivity contribution in [3.8, 4) is 5.75 Å². The third-order valence-electron chi connectivity index (χ3n) is 3.20. The quantitative estimate of drug-likeness (QED) is 0.585. The van der Waals surface area contributed by atoms with Crippen molar-refractivity contribution in [2.45, 2.75) is 4.90 Å². The monoisotopic (exact) mass is 308 g/mol. The molecule has 1 amide bonds. The third kappa shape index (κ3) is 1.85. The van der Waals surface area contributed by atoms with Crippen molar-refractivity contribution in [1.29, 1.82) is 0 Å². The Hall–Kier alpha value is -1.73. The highest BCUT2D eigenvalue weighted by Crippen LogP contribution is 2.48. The van der Waals surface area contributed by atoms with Crippen molar-refractivity contribution < 1.29 is 14.3 Å². The number of hydrogen-bond donors (Lipinski definition) is 0. The molecule has 20 heavy (non-hydrogen) atoms. The zero-order valence-electron chi connectivity index (χ0n) is 11.2. The fraction of sp³-hybridized carbons (Fsp3) is 0.231. The Bertz CT molecular complexity index is 657. The molecule has 0 unspecified atom stereocenters. The lowest BCUT2D eigenvalue weighted by atomic mass is 10.3. The minimum atomic E-state index is -0.218. The molecular weight excluding hydrogens is 296 g/mol. The van der Waals surface area contributed by atoms with Gasteiger partial charge in [-0.25, -0.2) is 0 Å². The SMILES string of the molecule is COc1ccc2c(c1)N(C)C(=C1OC(=S)N(C)C1=O)S2. The maximum Gasteiger partial charge on any atom is 0.299 e. The van der Waals surface area contributed by atoms with Crippen LogP contribution in [0.25, 0.3) is 0 Å². The minimum absolute atomic E-state index is 0.181. The molecular formula is C13H12N2O3S2. The summed E-state index contributed by atoms with van der Waals surface area (Å²) in [6.07, 6.45) is 0. The highest BCUT2D eigenvalue weighted by atomic mass is 32.2. The van der Waals surface area contributed by atoms with Gasteiger partial charge in [0, 0.05) is 25.1 Å². The number of ether oxygens (including phenoxy) is 2. The van der Waals surface area contributed by atoms with E-state index < -0.39 is 0 Å². The number of thioether (sulfide) groups is 1. The van der Waals surface area contributed by atoms with Gasteiger partial charge in [0.05, 0.1) is 12.8 Å². The van der Waals surface area contributed by atoms with Crippen LogP contribution in [0.3, 0.4) is 0 Å². The molecule has 2 aliphatic heterocycles. The number of anilines is 1. The van der Waals surface area contributed by atoms with E-state index in [0.29, 0.717) is 0 Å². The van der Waals surface area contributed by atoms with Gasteiger partial charge < -0.3 is 14.4 Å². The lowest BCUT2D eigenvalue weighted by Crippen LogP contribution is -2.23. The van der Waals surface area contributed by atoms with Crippen LogP contribution in [0.4, 0.5) is 5.69 Å². The number of carbonyl (C=O) groups is 1. The number of fused-ring (bicyclic) bond motifs is 1. The summed E-state index contributed by atoms with van der Waals surface area (Å²) in [4.78, 5) is 16.4. The van der Waals surface area contributed by atoms with Crippen LogP contribution in [0.15, 0.2) is 33.9 Å². The first-order valence-corrected chi connectivity index (χ1v) is 7.09. The number of amides is 1. The van der Waals surface area contributed by atoms with E-state index >= 15 is 0 Å². The number of thiocarbonyl (C=S) groups is 1. The van der Waals surface area contributed by atoms with Crippen LogP contribution in [0, 0.1) is 0 Å². The second kappa shape index (κ2) is 4.68. The van der Waals surface area contributed by atoms with Gasteiger partial charge in [-0.3, -0.25) is 9.69 Å². The van der Waals surface area contributed by atoms with Crippen LogP contribution >= 0.6 is 24.0 Å². The normalized spacial score (nSPS) is 21.4. The highest BCUT2D eigenvalue weighted by molar-refractivity contribution is 8.03. The van der Waals surface area contributed by atoms with E-state index in [1.807, 2.05) is 30.1 Å². The lowest BCUT2D eigenvalue weighted by Gasteiger charge is -2.14. The average Bonchev–Trinajstić information content (AvgIpc) is 2.91. The zero-order valence-corrected chi connectivity index (χ0v) is 12.8. The summed E-state index contributed by atoms with van der Waals surface area (Å²) in [7, 11) is 5.12. The molecule has 0 spiro atoms. The van der Waals surface area contributed by atoms with Crippen molar-refractivity contribution in [3.05, 3.63) is 29.0 Å². The van der Waals surface area contributed by atoms with E-state index in [-0.39, 0.29) is 16.8 Å². The largest absolute Gasteiger partial charge is 0.497 e. The Kier molecular flexibility index (Phi) is 3.10. The molecule has 0 saturated carbocycles. The maximum absolute atomic E-state index is 12.1. The second-order valence-corrected chi connectivity index (χ2v) is 5.74. The molecule has 7 heteroatoms. The Labute approximate surface area is 126 Å². The van der Waals surface area contributed by atoms with Gasteiger partial charge >= 0.3 is 0 Å². The van der Waals surface area contributed by atoms with Crippen molar-refractivity contribution in [2.24, 2.45) is 0 Å². The number of nitrogens with zero attached hydrogens (tertiary/aromatic N) is 2. The first-order chi connectivity index (χ1) is 9.52. The maximum atomic E-state index is 12.1. The Balaban J connectivity index is 2.04. The molecule has 0 aromatic heterocycles. The minimum Gasteiger partial charge on any atom is -0.497 e. The molecule has 2 aliphatic rings. The van der Waals surface area contributed by atoms with Crippen LogP contribution in [-0.4, -0.2) is 37.2 Å². The number of likely N-dealkylation sites (N-methyl/N-ethyl adjacent to an activating group) is 1. The predicted octanol–water partition coefficient (Wildman–Crippen LogP) is 2.18. The van der Waals surface area contributed by atoms with Gasteiger partial charge in [0.25, 0.3) is 11.1 Å². The molecule has 0 radical (unpaired) electrons. The van der Waals surface area contributed by atoms with Crippen LogP contribution in [0.5, 0.6) is 5.75 Å². The summed E-state index contributed by atoms with van der Waals surface area (Å²) in [5.74, 6) is 0.832. The van der Waals surface area contributed by atoms with E-state index in [0.717, 1.165) is 21.4 Å². The number of rotatable bonds is 1. The number of hydrogen-bond acceptors (Lipinski definition) is 6. The first-order valence-electron chi connectivity index (χ1n) is 5.86. The van der Waals surface area contributed by atoms with Gasteiger partial charge in [-0.1, -0.05) is 11.8 Å². The molecule has 3 rings (SSSR count). The molecule has 1 saturated heterocycles. The van der Waals surface area contributed by atoms with Crippen LogP contribution in [-0.2, 0) is 9.53 Å². The van der Waals surface area contributed by atoms with Crippen molar-refractivity contribution >= 4 is 40.7 Å². The van der Waals surface area contributed by atoms with Crippen LogP contribution in [0.2, 0.25) is 0 Å². The van der Waals surface area contributed by atoms with Crippen molar-refractivity contribution in [1.82, 2.24) is 4.90 Å². The Morgan fingerprint density at radius 1 is 1.30 bits per heavy atom. The molecule has 0 atom stereocenters. The fourth-order valence-electron chi connectivity index (χ4n) is 2.02. The van der Waals surface area contributed by atoms with E-state index in [1.54, 1.807) is 14.2 Å². The fourth-order valence-corrected chi connectivity index (χ4v) is 3.29. The molecule has 1 aromatic rings. The topological polar surface area (TPSA) is 42.0 Å². The Morgan fingerprint density at radius 2 is 2.05 bits per heavy atom. The molecule has 104 valence electrons. The van der Waals surface area contributed by atoms with Crippen LogP contribution < -0.4 is 9.64 Å². The molecule has 0 N–H and O–H groups in total. The van der Waals surface area contributed by atoms with Gasteiger partial charge in [0.2, 0.25) is 5.76 Å². The average molecular weight is 308 g/mol. The van der Waals surface area contributed by atoms with E-state index in [9.17, 15) is 4.79 Å². The molecule has 0 bridgehead atoms. The van der Waals surface area contributed by atoms with Gasteiger partial charge in [0.15, 0.2) is 0 Å². The van der Waals surface area contributed by atoms with E-state index in [2.05, 4.69) is 0 Å². The van der Waals surface area contributed by atoms with Crippen molar-refractivity contribution in [3.63, 3.8) is 0 Å². The Morgan fingerprint density at radius 3 is 2.65 bits per heavy atom. The van der Waals surface area contributed by atoms with Crippen molar-refractivity contribution in [2.75, 3.05) is 26.1 Å². The molecule has 2 heterocycles. The van der Waals surface area contributed by atoms with Gasteiger partial charge in [-0.2, -0.15) is 0 Å². The second-order valence-electron chi connectivity index (χ2n) is 4.36. The lowest BCUT2D eigenvalue weighted by molar-refractivity contribution is -0.122. The van der Waals surface area contributed by atoms with Crippen LogP contribution in [0.1, 0.15) is 0 Å². The molecule has 1 fully saturated rings. The highest BCUT2D eigenvalue weighted by Gasteiger charge is 2.37. The van der Waals surface area contributed by atoms with Gasteiger partial charge in [-0.15, -0.1) is 0 Å². The summed E-state index contributed by atoms with van der Waals surface area (Å²) in [6.45, 7) is 0. The number of carbonyl (C=O) groups excluding carboxylic acids is 1. The number of benzene rings is 1. The van der Waals surface area contributed by atoms with Gasteiger partial charge in [-0.05, 0) is 24.4 Å². The molecule has 5 nitrogen and oxygen atoms in total. The molecule has 1 aromatic carbocycles. The summed E-state index contributed by atoms with van der Waals surface area (Å²) >= 11 is 6.48. The summed E-state index contributed by atoms with van der Waals surface area (Å²) < 4.78 is 10.6. The summed E-state index contributed by atoms with van der Waals surface area (Å²) in [6, 6.07) is 5.78. The summed E-state index contributed by atoms with van der Waals surface area (Å²) in [5, 5.41) is 0.921. The van der Waals surface area contributed by atoms with E-state index in [1.165, 1.54) is 16.7 Å². The number of methoxy groups -OCH3 is 1. The molecule has 0 aliphatic carbocycles. The van der Waals surface area contributed by atoms with E-state index in [4.69, 9.17) is 21.7 Å². The standard InChI is InChI=1S/C13H12N2O3S2/c1-14-8-6-7(17-3)4-5-9(8)20-12(14)10-11(16)15(2)13(19)18-10/h4-6H,1-3H3. The summed E-state index contributed by atoms with van der Waals surface area (Å²) in [5.41, 5.74) is 0.980. The smallest absolute Gasteiger partial charge is 0.299 e. The zero-order chi connectivity index (χ0) is 14.4. The first kappa shape index (κ1) is 13.3. The van der Waals surface area contributed by atoms with Gasteiger partial charge in [0.1, 0.15) is 10.8 Å².